The van der Waals surface area contributed by atoms with Crippen molar-refractivity contribution in [2.24, 2.45) is 5.92 Å². The third-order valence-corrected chi connectivity index (χ3v) is 7.63. The Balaban J connectivity index is 0. The summed E-state index contributed by atoms with van der Waals surface area (Å²) in [6, 6.07) is -0.194. The van der Waals surface area contributed by atoms with E-state index in [1.165, 1.54) is 155 Å². The molecule has 0 heterocycles. The van der Waals surface area contributed by atoms with Crippen LogP contribution < -0.4 is 5.73 Å². The Labute approximate surface area is 222 Å². The Morgan fingerprint density at radius 2 is 0.857 bits per heavy atom. The second-order valence-electron chi connectivity index (χ2n) is 11.0. The second-order valence-corrected chi connectivity index (χ2v) is 11.0. The first-order chi connectivity index (χ1) is 16.7. The number of methoxy groups -OCH3 is 1. The number of quaternary nitrogens is 1. The molecule has 0 fully saturated rings. The van der Waals surface area contributed by atoms with Crippen LogP contribution in [0.4, 0.5) is 0 Å². The van der Waals surface area contributed by atoms with E-state index in [-0.39, 0.29) is 19.4 Å². The van der Waals surface area contributed by atoms with Crippen LogP contribution in [0.5, 0.6) is 0 Å². The maximum absolute atomic E-state index is 11.6. The zero-order chi connectivity index (χ0) is 25.1. The number of unbranched alkanes of at least 4 members (excludes halogenated alkanes) is 18. The van der Waals surface area contributed by atoms with E-state index in [9.17, 15) is 4.79 Å². The Morgan fingerprint density at radius 3 is 1.20 bits per heavy atom. The molecule has 0 bridgehead atoms. The largest absolute Gasteiger partial charge is 0.465 e. The van der Waals surface area contributed by atoms with Gasteiger partial charge < -0.3 is 17.9 Å². The fourth-order valence-electron chi connectivity index (χ4n) is 5.21. The number of carbonyl (C=O) groups is 1. The Kier molecular flexibility index (Phi) is 31.0. The molecule has 1 atom stereocenters. The van der Waals surface area contributed by atoms with Crippen molar-refractivity contribution in [2.45, 2.75) is 180 Å². The molecule has 0 saturated heterocycles. The van der Waals surface area contributed by atoms with Gasteiger partial charge in [0.15, 0.2) is 6.04 Å². The molecule has 0 rings (SSSR count). The van der Waals surface area contributed by atoms with Crippen molar-refractivity contribution in [1.82, 2.24) is 0 Å². The molecular formula is C32H67NO2. The first-order valence-corrected chi connectivity index (χ1v) is 15.6. The molecule has 0 aromatic heterocycles. The number of hydrogen-bond donors (Lipinski definition) is 1. The molecule has 0 saturated carbocycles. The first kappa shape index (κ1) is 36.6. The quantitative estimate of drug-likeness (QED) is 0.0697. The summed E-state index contributed by atoms with van der Waals surface area (Å²) in [7, 11) is 1.47. The lowest BCUT2D eigenvalue weighted by Crippen LogP contribution is -2.65. The lowest BCUT2D eigenvalue weighted by molar-refractivity contribution is -0.409. The fraction of sp³-hybridized carbons (Fsp3) is 0.938. The minimum Gasteiger partial charge on any atom is -0.465 e. The number of esters is 1. The predicted octanol–water partition coefficient (Wildman–Crippen LogP) is 9.63. The lowest BCUT2D eigenvalue weighted by Gasteiger charge is -2.17. The number of carbonyl (C=O) groups excluding carboxylic acids is 1. The van der Waals surface area contributed by atoms with Gasteiger partial charge in [-0.1, -0.05) is 162 Å². The standard InChI is InChI=1S/C31H63NO2.CH3/c1-4-6-8-10-12-14-16-18-20-22-25-29(27-24-28-30(32)31(33)34-3)26-23-21-19-17-15-13-11-9-7-5-2;/h29-30H,4-28,32H2,1-3H3;1H3/q;-1/p+1. The van der Waals surface area contributed by atoms with E-state index < -0.39 is 0 Å². The van der Waals surface area contributed by atoms with Crippen LogP contribution in [0, 0.1) is 13.3 Å². The average molecular weight is 498 g/mol. The van der Waals surface area contributed by atoms with Crippen LogP contribution in [0.2, 0.25) is 0 Å². The van der Waals surface area contributed by atoms with Crippen molar-refractivity contribution in [2.75, 3.05) is 7.11 Å². The summed E-state index contributed by atoms with van der Waals surface area (Å²) < 4.78 is 4.85. The van der Waals surface area contributed by atoms with Gasteiger partial charge in [-0.3, -0.25) is 0 Å². The second kappa shape index (κ2) is 29.7. The van der Waals surface area contributed by atoms with Gasteiger partial charge in [0, 0.05) is 6.42 Å². The summed E-state index contributed by atoms with van der Waals surface area (Å²) >= 11 is 0. The van der Waals surface area contributed by atoms with Crippen LogP contribution in [0.25, 0.3) is 0 Å². The molecule has 0 aliphatic rings. The lowest BCUT2D eigenvalue weighted by atomic mass is 9.89. The van der Waals surface area contributed by atoms with Gasteiger partial charge in [0.2, 0.25) is 0 Å². The van der Waals surface area contributed by atoms with Crippen LogP contribution in [0.1, 0.15) is 174 Å². The van der Waals surface area contributed by atoms with Crippen LogP contribution in [-0.4, -0.2) is 19.1 Å². The summed E-state index contributed by atoms with van der Waals surface area (Å²) in [6.07, 6.45) is 34.3. The summed E-state index contributed by atoms with van der Waals surface area (Å²) in [4.78, 5) is 11.6. The minimum absolute atomic E-state index is 0. The zero-order valence-electron chi connectivity index (χ0n) is 24.9. The van der Waals surface area contributed by atoms with E-state index in [0.717, 1.165) is 18.8 Å². The van der Waals surface area contributed by atoms with E-state index in [4.69, 9.17) is 4.74 Å². The van der Waals surface area contributed by atoms with Crippen LogP contribution in [0.3, 0.4) is 0 Å². The summed E-state index contributed by atoms with van der Waals surface area (Å²) in [5.74, 6) is 0.689. The number of rotatable bonds is 27. The van der Waals surface area contributed by atoms with Crippen molar-refractivity contribution in [3.8, 4) is 0 Å². The van der Waals surface area contributed by atoms with Gasteiger partial charge in [-0.05, 0) is 12.3 Å². The molecule has 3 heteroatoms. The van der Waals surface area contributed by atoms with Crippen molar-refractivity contribution in [1.29, 1.82) is 0 Å². The van der Waals surface area contributed by atoms with Gasteiger partial charge >= 0.3 is 5.97 Å². The molecule has 3 N–H and O–H groups in total. The Hall–Kier alpha value is -0.570. The van der Waals surface area contributed by atoms with E-state index in [1.54, 1.807) is 0 Å². The van der Waals surface area contributed by atoms with Gasteiger partial charge in [0.1, 0.15) is 0 Å². The molecule has 0 radical (unpaired) electrons. The highest BCUT2D eigenvalue weighted by Crippen LogP contribution is 2.24. The molecule has 0 aliphatic carbocycles. The SMILES string of the molecule is CCCCCCCCCCCCC(CCCCCCCCCCCC)CCCC([NH3+])C(=O)OC.[CH3-]. The minimum atomic E-state index is -0.194. The van der Waals surface area contributed by atoms with Gasteiger partial charge in [0.05, 0.1) is 7.11 Å². The van der Waals surface area contributed by atoms with Gasteiger partial charge in [0.25, 0.3) is 0 Å². The molecular weight excluding hydrogens is 430 g/mol. The maximum Gasteiger partial charge on any atom is 0.364 e. The molecule has 3 nitrogen and oxygen atoms in total. The molecule has 212 valence electrons. The topological polar surface area (TPSA) is 53.9 Å². The van der Waals surface area contributed by atoms with Crippen LogP contribution >= 0.6 is 0 Å². The van der Waals surface area contributed by atoms with E-state index in [1.807, 2.05) is 0 Å². The van der Waals surface area contributed by atoms with Crippen molar-refractivity contribution >= 4 is 5.97 Å². The van der Waals surface area contributed by atoms with E-state index in [0.29, 0.717) is 0 Å². The Morgan fingerprint density at radius 1 is 0.543 bits per heavy atom. The monoisotopic (exact) mass is 498 g/mol. The summed E-state index contributed by atoms with van der Waals surface area (Å²) in [5, 5.41) is 0. The smallest absolute Gasteiger partial charge is 0.364 e. The van der Waals surface area contributed by atoms with Gasteiger partial charge in [-0.25, -0.2) is 4.79 Å². The molecule has 35 heavy (non-hydrogen) atoms. The molecule has 0 spiro atoms. The predicted molar refractivity (Wildman–Crippen MR) is 155 cm³/mol. The van der Waals surface area contributed by atoms with Crippen molar-refractivity contribution in [3.63, 3.8) is 0 Å². The van der Waals surface area contributed by atoms with Crippen molar-refractivity contribution in [3.05, 3.63) is 7.43 Å². The molecule has 0 amide bonds. The highest BCUT2D eigenvalue weighted by atomic mass is 16.5. The fourth-order valence-corrected chi connectivity index (χ4v) is 5.21. The normalized spacial score (nSPS) is 12.0. The molecule has 0 aromatic rings. The first-order valence-electron chi connectivity index (χ1n) is 15.6. The van der Waals surface area contributed by atoms with Gasteiger partial charge in [-0.15, -0.1) is 0 Å². The molecule has 0 aromatic carbocycles. The Bertz CT molecular complexity index is 388. The summed E-state index contributed by atoms with van der Waals surface area (Å²) in [6.45, 7) is 4.58. The number of hydrogen-bond acceptors (Lipinski definition) is 2. The maximum atomic E-state index is 11.6. The molecule has 1 unspecified atom stereocenters. The number of ether oxygens (including phenoxy) is 1. The highest BCUT2D eigenvalue weighted by Gasteiger charge is 2.18. The molecule has 0 aliphatic heterocycles. The average Bonchev–Trinajstić information content (AvgIpc) is 2.85. The zero-order valence-corrected chi connectivity index (χ0v) is 24.9. The van der Waals surface area contributed by atoms with Crippen molar-refractivity contribution < 1.29 is 15.3 Å². The van der Waals surface area contributed by atoms with Gasteiger partial charge in [-0.2, -0.15) is 0 Å². The summed E-state index contributed by atoms with van der Waals surface area (Å²) in [5.41, 5.74) is 3.99. The third-order valence-electron chi connectivity index (χ3n) is 7.63. The van der Waals surface area contributed by atoms with E-state index >= 15 is 0 Å². The van der Waals surface area contributed by atoms with Crippen LogP contribution in [-0.2, 0) is 9.53 Å². The van der Waals surface area contributed by atoms with Crippen LogP contribution in [0.15, 0.2) is 0 Å². The third kappa shape index (κ3) is 26.3. The van der Waals surface area contributed by atoms with E-state index in [2.05, 4.69) is 19.6 Å². The highest BCUT2D eigenvalue weighted by molar-refractivity contribution is 5.73.